The molecule has 3 nitrogen and oxygen atoms in total. The van der Waals surface area contributed by atoms with Crippen LogP contribution in [0.25, 0.3) is 0 Å². The lowest BCUT2D eigenvalue weighted by atomic mass is 10.1. The van der Waals surface area contributed by atoms with Crippen molar-refractivity contribution in [1.82, 2.24) is 4.90 Å². The molecule has 0 atom stereocenters. The average molecular weight is 306 g/mol. The molecule has 0 aliphatic rings. The number of alkyl halides is 1. The molecule has 1 heterocycles. The highest BCUT2D eigenvalue weighted by Gasteiger charge is 2.20. The lowest BCUT2D eigenvalue weighted by Gasteiger charge is -2.26. The van der Waals surface area contributed by atoms with Gasteiger partial charge < -0.3 is 9.32 Å². The van der Waals surface area contributed by atoms with Crippen molar-refractivity contribution in [3.63, 3.8) is 0 Å². The molecule has 2 aromatic rings. The summed E-state index contributed by atoms with van der Waals surface area (Å²) in [4.78, 5) is 14.4. The van der Waals surface area contributed by atoms with Gasteiger partial charge in [-0.05, 0) is 50.6 Å². The molecular weight excluding hydrogens is 286 g/mol. The van der Waals surface area contributed by atoms with Crippen molar-refractivity contribution in [1.29, 1.82) is 0 Å². The Morgan fingerprint density at radius 2 is 1.86 bits per heavy atom. The van der Waals surface area contributed by atoms with Gasteiger partial charge in [-0.25, -0.2) is 0 Å². The van der Waals surface area contributed by atoms with Gasteiger partial charge in [0.1, 0.15) is 11.5 Å². The Kier molecular flexibility index (Phi) is 5.07. The van der Waals surface area contributed by atoms with Gasteiger partial charge in [0.25, 0.3) is 5.91 Å². The number of hydrogen-bond donors (Lipinski definition) is 0. The highest BCUT2D eigenvalue weighted by Crippen LogP contribution is 2.16. The fraction of sp³-hybridized carbons (Fsp3) is 0.353. The Bertz CT molecular complexity index is 602. The van der Waals surface area contributed by atoms with Gasteiger partial charge in [-0.2, -0.15) is 0 Å². The largest absolute Gasteiger partial charge is 0.464 e. The van der Waals surface area contributed by atoms with E-state index in [0.29, 0.717) is 18.0 Å². The maximum atomic E-state index is 12.6. The maximum absolute atomic E-state index is 12.6. The molecule has 0 saturated heterocycles. The number of nitrogens with zero attached hydrogens (tertiary/aromatic N) is 1. The van der Waals surface area contributed by atoms with E-state index < -0.39 is 0 Å². The number of halogens is 1. The molecule has 1 amide bonds. The molecular formula is C17H20ClNO2. The summed E-state index contributed by atoms with van der Waals surface area (Å²) in [7, 11) is 0. The minimum atomic E-state index is 0.000163. The second kappa shape index (κ2) is 6.81. The zero-order valence-electron chi connectivity index (χ0n) is 12.6. The van der Waals surface area contributed by atoms with Crippen molar-refractivity contribution in [2.75, 3.05) is 0 Å². The molecule has 1 aromatic carbocycles. The molecule has 0 N–H and O–H groups in total. The monoisotopic (exact) mass is 305 g/mol. The number of amides is 1. The van der Waals surface area contributed by atoms with E-state index in [1.807, 2.05) is 57.2 Å². The van der Waals surface area contributed by atoms with E-state index in [9.17, 15) is 4.79 Å². The quantitative estimate of drug-likeness (QED) is 0.768. The topological polar surface area (TPSA) is 33.5 Å². The molecule has 0 spiro atoms. The summed E-state index contributed by atoms with van der Waals surface area (Å²) in [5.74, 6) is 2.10. The lowest BCUT2D eigenvalue weighted by Crippen LogP contribution is -2.36. The van der Waals surface area contributed by atoms with Crippen molar-refractivity contribution in [2.45, 2.75) is 39.2 Å². The molecule has 2 rings (SSSR count). The highest BCUT2D eigenvalue weighted by atomic mass is 35.5. The van der Waals surface area contributed by atoms with Gasteiger partial charge in [0.2, 0.25) is 0 Å². The van der Waals surface area contributed by atoms with Crippen LogP contribution in [0.1, 0.15) is 41.3 Å². The van der Waals surface area contributed by atoms with Crippen LogP contribution in [0, 0.1) is 6.92 Å². The standard InChI is InChI=1S/C17H20ClNO2/c1-12(2)19(11-16-9-4-13(3)21-16)17(20)15-7-5-14(10-18)6-8-15/h4-9,12H,10-11H2,1-3H3. The molecule has 0 aliphatic carbocycles. The Hall–Kier alpha value is -1.74. The SMILES string of the molecule is Cc1ccc(CN(C(=O)c2ccc(CCl)cc2)C(C)C)o1. The number of benzene rings is 1. The zero-order chi connectivity index (χ0) is 15.4. The first-order chi connectivity index (χ1) is 10.0. The third-order valence-electron chi connectivity index (χ3n) is 3.36. The van der Waals surface area contributed by atoms with Crippen LogP contribution in [0.4, 0.5) is 0 Å². The van der Waals surface area contributed by atoms with E-state index in [-0.39, 0.29) is 11.9 Å². The first-order valence-corrected chi connectivity index (χ1v) is 7.56. The first kappa shape index (κ1) is 15.6. The Labute approximate surface area is 130 Å². The van der Waals surface area contributed by atoms with Gasteiger partial charge in [-0.1, -0.05) is 12.1 Å². The highest BCUT2D eigenvalue weighted by molar-refractivity contribution is 6.17. The second-order valence-corrected chi connectivity index (χ2v) is 5.64. The van der Waals surface area contributed by atoms with E-state index in [4.69, 9.17) is 16.0 Å². The summed E-state index contributed by atoms with van der Waals surface area (Å²) < 4.78 is 5.58. The van der Waals surface area contributed by atoms with Crippen molar-refractivity contribution in [2.24, 2.45) is 0 Å². The number of aryl methyl sites for hydroxylation is 1. The van der Waals surface area contributed by atoms with Gasteiger partial charge in [0.05, 0.1) is 6.54 Å². The fourth-order valence-electron chi connectivity index (χ4n) is 2.13. The maximum Gasteiger partial charge on any atom is 0.254 e. The number of carbonyl (C=O) groups excluding carboxylic acids is 1. The summed E-state index contributed by atoms with van der Waals surface area (Å²) in [5, 5.41) is 0. The molecule has 0 fully saturated rings. The number of rotatable bonds is 5. The summed E-state index contributed by atoms with van der Waals surface area (Å²) in [6.45, 7) is 6.37. The molecule has 0 saturated carbocycles. The van der Waals surface area contributed by atoms with Crippen molar-refractivity contribution in [3.05, 3.63) is 59.0 Å². The van der Waals surface area contributed by atoms with E-state index in [0.717, 1.165) is 17.1 Å². The van der Waals surface area contributed by atoms with Gasteiger partial charge in [-0.3, -0.25) is 4.79 Å². The van der Waals surface area contributed by atoms with Crippen LogP contribution in [0.2, 0.25) is 0 Å². The summed E-state index contributed by atoms with van der Waals surface area (Å²) >= 11 is 5.77. The summed E-state index contributed by atoms with van der Waals surface area (Å²) in [6.07, 6.45) is 0. The minimum absolute atomic E-state index is 0.000163. The predicted molar refractivity (Wildman–Crippen MR) is 84.5 cm³/mol. The minimum Gasteiger partial charge on any atom is -0.464 e. The number of furan rings is 1. The third-order valence-corrected chi connectivity index (χ3v) is 3.67. The van der Waals surface area contributed by atoms with Crippen molar-refractivity contribution >= 4 is 17.5 Å². The average Bonchev–Trinajstić information content (AvgIpc) is 2.89. The van der Waals surface area contributed by atoms with E-state index in [1.165, 1.54) is 0 Å². The van der Waals surface area contributed by atoms with Crippen LogP contribution in [0.3, 0.4) is 0 Å². The molecule has 4 heteroatoms. The van der Waals surface area contributed by atoms with Crippen LogP contribution in [0.15, 0.2) is 40.8 Å². The molecule has 1 aromatic heterocycles. The van der Waals surface area contributed by atoms with Gasteiger partial charge in [0.15, 0.2) is 0 Å². The molecule has 112 valence electrons. The summed E-state index contributed by atoms with van der Waals surface area (Å²) in [6, 6.07) is 11.3. The van der Waals surface area contributed by atoms with Crippen LogP contribution in [0.5, 0.6) is 0 Å². The molecule has 21 heavy (non-hydrogen) atoms. The van der Waals surface area contributed by atoms with Crippen LogP contribution in [-0.4, -0.2) is 16.8 Å². The zero-order valence-corrected chi connectivity index (χ0v) is 13.4. The van der Waals surface area contributed by atoms with E-state index >= 15 is 0 Å². The fourth-order valence-corrected chi connectivity index (χ4v) is 2.31. The number of hydrogen-bond acceptors (Lipinski definition) is 2. The second-order valence-electron chi connectivity index (χ2n) is 5.37. The summed E-state index contributed by atoms with van der Waals surface area (Å²) in [5.41, 5.74) is 1.67. The van der Waals surface area contributed by atoms with Crippen molar-refractivity contribution < 1.29 is 9.21 Å². The Balaban J connectivity index is 2.18. The van der Waals surface area contributed by atoms with E-state index in [1.54, 1.807) is 4.90 Å². The van der Waals surface area contributed by atoms with Crippen molar-refractivity contribution in [3.8, 4) is 0 Å². The van der Waals surface area contributed by atoms with Crippen LogP contribution >= 0.6 is 11.6 Å². The van der Waals surface area contributed by atoms with Gasteiger partial charge in [-0.15, -0.1) is 11.6 Å². The Morgan fingerprint density at radius 1 is 1.19 bits per heavy atom. The van der Waals surface area contributed by atoms with E-state index in [2.05, 4.69) is 0 Å². The number of carbonyl (C=O) groups is 1. The normalized spacial score (nSPS) is 10.9. The molecule has 0 aliphatic heterocycles. The smallest absolute Gasteiger partial charge is 0.254 e. The Morgan fingerprint density at radius 3 is 2.33 bits per heavy atom. The predicted octanol–water partition coefficient (Wildman–Crippen LogP) is 4.38. The van der Waals surface area contributed by atoms with Crippen LogP contribution < -0.4 is 0 Å². The van der Waals surface area contributed by atoms with Gasteiger partial charge >= 0.3 is 0 Å². The first-order valence-electron chi connectivity index (χ1n) is 7.02. The molecule has 0 radical (unpaired) electrons. The molecule has 0 unspecified atom stereocenters. The lowest BCUT2D eigenvalue weighted by molar-refractivity contribution is 0.0675. The molecule has 0 bridgehead atoms. The third kappa shape index (κ3) is 3.88. The van der Waals surface area contributed by atoms with Crippen LogP contribution in [-0.2, 0) is 12.4 Å². The van der Waals surface area contributed by atoms with Gasteiger partial charge in [0, 0.05) is 17.5 Å².